The number of aromatic nitrogens is 4. The maximum absolute atomic E-state index is 13.2. The summed E-state index contributed by atoms with van der Waals surface area (Å²) in [5.41, 5.74) is 0.219. The lowest BCUT2D eigenvalue weighted by molar-refractivity contribution is -0.385. The molecule has 1 fully saturated rings. The molecule has 0 saturated carbocycles. The van der Waals surface area contributed by atoms with E-state index in [0.717, 1.165) is 0 Å². The van der Waals surface area contributed by atoms with Crippen LogP contribution in [0.3, 0.4) is 0 Å². The smallest absolute Gasteiger partial charge is 0.273 e. The largest absolute Gasteiger partial charge is 0.388 e. The molecule has 0 spiro atoms. The third kappa shape index (κ3) is 4.55. The fourth-order valence-electron chi connectivity index (χ4n) is 4.50. The molecular formula is C24H23FN6O4. The van der Waals surface area contributed by atoms with Gasteiger partial charge in [-0.2, -0.15) is 5.10 Å². The van der Waals surface area contributed by atoms with Crippen LogP contribution in [0.2, 0.25) is 0 Å². The Hall–Kier alpha value is -3.96. The monoisotopic (exact) mass is 478 g/mol. The van der Waals surface area contributed by atoms with Gasteiger partial charge >= 0.3 is 0 Å². The third-order valence-electron chi connectivity index (χ3n) is 6.46. The van der Waals surface area contributed by atoms with E-state index in [0.29, 0.717) is 54.8 Å². The minimum atomic E-state index is -1.11. The van der Waals surface area contributed by atoms with E-state index in [4.69, 9.17) is 0 Å². The highest BCUT2D eigenvalue weighted by Crippen LogP contribution is 2.27. The number of piperidine rings is 1. The average molecular weight is 478 g/mol. The molecule has 3 heterocycles. The number of nitrogens with zero attached hydrogens (tertiary/aromatic N) is 6. The molecule has 4 aromatic rings. The lowest BCUT2D eigenvalue weighted by Gasteiger charge is -2.38. The molecule has 0 unspecified atom stereocenters. The zero-order valence-electron chi connectivity index (χ0n) is 18.7. The zero-order chi connectivity index (χ0) is 24.6. The Morgan fingerprint density at radius 1 is 1.11 bits per heavy atom. The summed E-state index contributed by atoms with van der Waals surface area (Å²) in [7, 11) is 0. The van der Waals surface area contributed by atoms with Gasteiger partial charge in [0.15, 0.2) is 5.65 Å². The Bertz CT molecular complexity index is 1440. The molecule has 0 bridgehead atoms. The minimum Gasteiger partial charge on any atom is -0.388 e. The lowest BCUT2D eigenvalue weighted by Crippen LogP contribution is -2.47. The molecule has 5 rings (SSSR count). The number of fused-ring (bicyclic) bond motifs is 1. The van der Waals surface area contributed by atoms with Crippen molar-refractivity contribution >= 4 is 16.7 Å². The second-order valence-electron chi connectivity index (χ2n) is 8.83. The van der Waals surface area contributed by atoms with Gasteiger partial charge < -0.3 is 5.11 Å². The van der Waals surface area contributed by atoms with Crippen molar-refractivity contribution in [2.24, 2.45) is 0 Å². The predicted octanol–water partition coefficient (Wildman–Crippen LogP) is 2.66. The molecule has 0 aliphatic carbocycles. The number of para-hydroxylation sites is 1. The number of benzene rings is 2. The summed E-state index contributed by atoms with van der Waals surface area (Å²) in [5, 5.41) is 27.0. The number of rotatable bonds is 6. The molecule has 10 nitrogen and oxygen atoms in total. The molecule has 35 heavy (non-hydrogen) atoms. The molecule has 2 aromatic carbocycles. The van der Waals surface area contributed by atoms with Crippen LogP contribution in [-0.4, -0.2) is 53.0 Å². The van der Waals surface area contributed by atoms with E-state index < -0.39 is 5.60 Å². The van der Waals surface area contributed by atoms with Gasteiger partial charge in [0.05, 0.1) is 29.0 Å². The van der Waals surface area contributed by atoms with Crippen LogP contribution in [0, 0.1) is 15.9 Å². The topological polar surface area (TPSA) is 119 Å². The van der Waals surface area contributed by atoms with Gasteiger partial charge in [0.1, 0.15) is 17.5 Å². The fraction of sp³-hybridized carbons (Fsp3) is 0.292. The van der Waals surface area contributed by atoms with E-state index in [-0.39, 0.29) is 28.5 Å². The van der Waals surface area contributed by atoms with Crippen LogP contribution in [0.15, 0.2) is 65.8 Å². The highest BCUT2D eigenvalue weighted by atomic mass is 19.1. The van der Waals surface area contributed by atoms with E-state index in [2.05, 4.69) is 15.0 Å². The summed E-state index contributed by atoms with van der Waals surface area (Å²) in [4.78, 5) is 30.4. The lowest BCUT2D eigenvalue weighted by atomic mass is 9.91. The molecule has 0 amide bonds. The number of likely N-dealkylation sites (tertiary alicyclic amines) is 1. The van der Waals surface area contributed by atoms with Gasteiger partial charge in [-0.25, -0.2) is 14.1 Å². The Balaban J connectivity index is 1.30. The first-order valence-electron chi connectivity index (χ1n) is 11.2. The van der Waals surface area contributed by atoms with E-state index in [1.807, 2.05) is 0 Å². The molecule has 2 aromatic heterocycles. The fourth-order valence-corrected chi connectivity index (χ4v) is 4.50. The Kier molecular flexibility index (Phi) is 5.87. The number of aliphatic hydroxyl groups is 1. The van der Waals surface area contributed by atoms with Gasteiger partial charge in [-0.3, -0.25) is 24.4 Å². The van der Waals surface area contributed by atoms with E-state index in [1.165, 1.54) is 40.0 Å². The second-order valence-corrected chi connectivity index (χ2v) is 8.83. The minimum absolute atomic E-state index is 0.0792. The summed E-state index contributed by atoms with van der Waals surface area (Å²) < 4.78 is 16.1. The van der Waals surface area contributed by atoms with Gasteiger partial charge in [0.2, 0.25) is 0 Å². The van der Waals surface area contributed by atoms with Crippen LogP contribution < -0.4 is 5.56 Å². The van der Waals surface area contributed by atoms with Crippen LogP contribution in [0.1, 0.15) is 18.4 Å². The first kappa shape index (κ1) is 22.8. The van der Waals surface area contributed by atoms with Crippen molar-refractivity contribution in [1.29, 1.82) is 0 Å². The highest BCUT2D eigenvalue weighted by molar-refractivity contribution is 5.74. The summed E-state index contributed by atoms with van der Waals surface area (Å²) >= 11 is 0. The zero-order valence-corrected chi connectivity index (χ0v) is 18.7. The first-order valence-corrected chi connectivity index (χ1v) is 11.2. The number of hydrogen-bond acceptors (Lipinski definition) is 7. The number of nitro groups is 1. The quantitative estimate of drug-likeness (QED) is 0.334. The van der Waals surface area contributed by atoms with Crippen molar-refractivity contribution in [3.05, 3.63) is 92.9 Å². The predicted molar refractivity (Wildman–Crippen MR) is 126 cm³/mol. The van der Waals surface area contributed by atoms with Crippen molar-refractivity contribution < 1.29 is 14.4 Å². The SMILES string of the molecule is O=c1c2cnn(-c3ccc(F)cc3)c2ncn1CC1(O)CCN(Cc2ccccc2[N+](=O)[O-])CC1. The Labute approximate surface area is 199 Å². The highest BCUT2D eigenvalue weighted by Gasteiger charge is 2.34. The molecule has 0 radical (unpaired) electrons. The van der Waals surface area contributed by atoms with Gasteiger partial charge in [-0.05, 0) is 37.1 Å². The summed E-state index contributed by atoms with van der Waals surface area (Å²) in [5.74, 6) is -0.373. The molecule has 11 heteroatoms. The summed E-state index contributed by atoms with van der Waals surface area (Å²) in [6, 6.07) is 12.4. The third-order valence-corrected chi connectivity index (χ3v) is 6.46. The number of nitro benzene ring substituents is 1. The van der Waals surface area contributed by atoms with Gasteiger partial charge in [0.25, 0.3) is 11.2 Å². The van der Waals surface area contributed by atoms with Crippen LogP contribution in [0.4, 0.5) is 10.1 Å². The van der Waals surface area contributed by atoms with E-state index in [1.54, 1.807) is 30.3 Å². The van der Waals surface area contributed by atoms with Crippen LogP contribution >= 0.6 is 0 Å². The number of halogens is 1. The van der Waals surface area contributed by atoms with Crippen LogP contribution in [0.25, 0.3) is 16.7 Å². The van der Waals surface area contributed by atoms with Gasteiger partial charge in [-0.15, -0.1) is 0 Å². The summed E-state index contributed by atoms with van der Waals surface area (Å²) in [6.07, 6.45) is 3.63. The number of hydrogen-bond donors (Lipinski definition) is 1. The Morgan fingerprint density at radius 2 is 1.83 bits per heavy atom. The van der Waals surface area contributed by atoms with Gasteiger partial charge in [0, 0.05) is 31.3 Å². The van der Waals surface area contributed by atoms with Crippen molar-refractivity contribution in [2.75, 3.05) is 13.1 Å². The van der Waals surface area contributed by atoms with Crippen molar-refractivity contribution in [3.8, 4) is 5.69 Å². The molecular weight excluding hydrogens is 455 g/mol. The maximum atomic E-state index is 13.2. The van der Waals surface area contributed by atoms with Crippen molar-refractivity contribution in [3.63, 3.8) is 0 Å². The molecule has 1 N–H and O–H groups in total. The maximum Gasteiger partial charge on any atom is 0.273 e. The van der Waals surface area contributed by atoms with Crippen molar-refractivity contribution in [2.45, 2.75) is 31.5 Å². The standard InChI is InChI=1S/C24H23FN6O4/c25-18-5-7-19(8-6-18)30-22-20(13-27-30)23(32)29(16-26-22)15-24(33)9-11-28(12-10-24)14-17-3-1-2-4-21(17)31(34)35/h1-8,13,16,33H,9-12,14-15H2. The van der Waals surface area contributed by atoms with Crippen LogP contribution in [-0.2, 0) is 13.1 Å². The molecule has 1 aliphatic heterocycles. The Morgan fingerprint density at radius 3 is 2.54 bits per heavy atom. The molecule has 1 aliphatic rings. The van der Waals surface area contributed by atoms with Gasteiger partial charge in [-0.1, -0.05) is 18.2 Å². The molecule has 1 saturated heterocycles. The van der Waals surface area contributed by atoms with E-state index >= 15 is 0 Å². The molecule has 0 atom stereocenters. The first-order chi connectivity index (χ1) is 16.8. The van der Waals surface area contributed by atoms with E-state index in [9.17, 15) is 24.4 Å². The average Bonchev–Trinajstić information content (AvgIpc) is 3.28. The van der Waals surface area contributed by atoms with Crippen LogP contribution in [0.5, 0.6) is 0 Å². The van der Waals surface area contributed by atoms with Crippen molar-refractivity contribution in [1.82, 2.24) is 24.2 Å². The molecule has 180 valence electrons. The summed E-state index contributed by atoms with van der Waals surface area (Å²) in [6.45, 7) is 1.57. The second kappa shape index (κ2) is 9.01. The normalized spacial score (nSPS) is 15.9.